The van der Waals surface area contributed by atoms with Crippen LogP contribution in [0.15, 0.2) is 6.07 Å². The van der Waals surface area contributed by atoms with E-state index in [9.17, 15) is 10.2 Å². The van der Waals surface area contributed by atoms with Crippen molar-refractivity contribution >= 4 is 0 Å². The van der Waals surface area contributed by atoms with Crippen molar-refractivity contribution in [2.24, 2.45) is 0 Å². The van der Waals surface area contributed by atoms with E-state index in [1.165, 1.54) is 24.8 Å². The second-order valence-corrected chi connectivity index (χ2v) is 5.41. The molecule has 0 aliphatic carbocycles. The van der Waals surface area contributed by atoms with Crippen molar-refractivity contribution in [3.05, 3.63) is 22.8 Å². The number of unbranched alkanes of at least 4 members (excludes halogenated alkanes) is 3. The summed E-state index contributed by atoms with van der Waals surface area (Å²) in [4.78, 5) is 0. The molecule has 18 heavy (non-hydrogen) atoms. The monoisotopic (exact) mass is 250 g/mol. The molecule has 2 N–H and O–H groups in total. The standard InChI is InChI=1S/C16H26O2/c1-5-6-7-8-9-13-10-14(11(2)3)16(18)15(17)12(13)4/h10-11,17-18H,5-9H2,1-4H3. The van der Waals surface area contributed by atoms with Crippen LogP contribution in [-0.2, 0) is 6.42 Å². The largest absolute Gasteiger partial charge is 0.504 e. The van der Waals surface area contributed by atoms with Crippen LogP contribution in [0.3, 0.4) is 0 Å². The van der Waals surface area contributed by atoms with E-state index in [1.807, 2.05) is 20.8 Å². The molecule has 0 aliphatic rings. The third-order valence-corrected chi connectivity index (χ3v) is 3.59. The molecule has 0 saturated carbocycles. The van der Waals surface area contributed by atoms with Gasteiger partial charge in [-0.25, -0.2) is 0 Å². The van der Waals surface area contributed by atoms with E-state index in [2.05, 4.69) is 13.0 Å². The Bertz CT molecular complexity index is 395. The Balaban J connectivity index is 2.90. The average Bonchev–Trinajstić information content (AvgIpc) is 2.33. The topological polar surface area (TPSA) is 40.5 Å². The Hall–Kier alpha value is -1.18. The maximum absolute atomic E-state index is 9.97. The third kappa shape index (κ3) is 3.41. The molecule has 102 valence electrons. The SMILES string of the molecule is CCCCCCc1cc(C(C)C)c(O)c(O)c1C. The number of phenolic OH excluding ortho intramolecular Hbond substituents is 2. The summed E-state index contributed by atoms with van der Waals surface area (Å²) in [6, 6.07) is 2.06. The Morgan fingerprint density at radius 2 is 1.72 bits per heavy atom. The Kier molecular flexibility index (Phi) is 5.52. The maximum Gasteiger partial charge on any atom is 0.161 e. The fourth-order valence-corrected chi connectivity index (χ4v) is 2.27. The number of hydrogen-bond acceptors (Lipinski definition) is 2. The zero-order valence-corrected chi connectivity index (χ0v) is 12.1. The highest BCUT2D eigenvalue weighted by atomic mass is 16.3. The second-order valence-electron chi connectivity index (χ2n) is 5.41. The lowest BCUT2D eigenvalue weighted by molar-refractivity contribution is 0.394. The molecule has 0 radical (unpaired) electrons. The zero-order chi connectivity index (χ0) is 13.7. The lowest BCUT2D eigenvalue weighted by Gasteiger charge is -2.15. The smallest absolute Gasteiger partial charge is 0.161 e. The molecule has 0 saturated heterocycles. The Morgan fingerprint density at radius 3 is 2.28 bits per heavy atom. The minimum atomic E-state index is 0.0554. The van der Waals surface area contributed by atoms with Crippen LogP contribution >= 0.6 is 0 Å². The number of aryl methyl sites for hydroxylation is 1. The van der Waals surface area contributed by atoms with Gasteiger partial charge in [-0.1, -0.05) is 46.1 Å². The van der Waals surface area contributed by atoms with Gasteiger partial charge in [0.1, 0.15) is 0 Å². The van der Waals surface area contributed by atoms with Crippen molar-refractivity contribution in [3.8, 4) is 11.5 Å². The summed E-state index contributed by atoms with van der Waals surface area (Å²) in [6.45, 7) is 8.15. The average molecular weight is 250 g/mol. The first-order valence-electron chi connectivity index (χ1n) is 7.03. The van der Waals surface area contributed by atoms with Gasteiger partial charge in [0.15, 0.2) is 11.5 Å². The second kappa shape index (κ2) is 6.67. The minimum Gasteiger partial charge on any atom is -0.504 e. The molecule has 0 spiro atoms. The summed E-state index contributed by atoms with van der Waals surface area (Å²) in [7, 11) is 0. The lowest BCUT2D eigenvalue weighted by atomic mass is 9.93. The predicted octanol–water partition coefficient (Wildman–Crippen LogP) is 4.65. The van der Waals surface area contributed by atoms with Gasteiger partial charge in [0.05, 0.1) is 0 Å². The van der Waals surface area contributed by atoms with Crippen molar-refractivity contribution in [2.75, 3.05) is 0 Å². The van der Waals surface area contributed by atoms with Crippen LogP contribution in [0.2, 0.25) is 0 Å². The highest BCUT2D eigenvalue weighted by molar-refractivity contribution is 5.54. The fraction of sp³-hybridized carbons (Fsp3) is 0.625. The Morgan fingerprint density at radius 1 is 1.06 bits per heavy atom. The van der Waals surface area contributed by atoms with Crippen molar-refractivity contribution in [2.45, 2.75) is 65.7 Å². The predicted molar refractivity (Wildman–Crippen MR) is 76.4 cm³/mol. The first-order chi connectivity index (χ1) is 8.49. The molecular weight excluding hydrogens is 224 g/mol. The molecule has 0 aromatic heterocycles. The van der Waals surface area contributed by atoms with Gasteiger partial charge >= 0.3 is 0 Å². The van der Waals surface area contributed by atoms with Crippen LogP contribution in [0.25, 0.3) is 0 Å². The molecule has 2 nitrogen and oxygen atoms in total. The summed E-state index contributed by atoms with van der Waals surface area (Å²) in [5.74, 6) is 0.345. The highest BCUT2D eigenvalue weighted by Gasteiger charge is 2.15. The van der Waals surface area contributed by atoms with Gasteiger partial charge in [0.2, 0.25) is 0 Å². The summed E-state index contributed by atoms with van der Waals surface area (Å²) in [5, 5.41) is 19.9. The van der Waals surface area contributed by atoms with Crippen LogP contribution in [0.1, 0.15) is 69.1 Å². The molecular formula is C16H26O2. The van der Waals surface area contributed by atoms with E-state index in [0.717, 1.165) is 24.0 Å². The first-order valence-corrected chi connectivity index (χ1v) is 7.03. The molecule has 0 atom stereocenters. The van der Waals surface area contributed by atoms with E-state index in [4.69, 9.17) is 0 Å². The van der Waals surface area contributed by atoms with Crippen LogP contribution in [0.5, 0.6) is 11.5 Å². The van der Waals surface area contributed by atoms with Gasteiger partial charge in [-0.3, -0.25) is 0 Å². The molecule has 0 unspecified atom stereocenters. The number of phenols is 2. The highest BCUT2D eigenvalue weighted by Crippen LogP contribution is 2.38. The molecule has 2 heteroatoms. The van der Waals surface area contributed by atoms with Gasteiger partial charge in [0, 0.05) is 5.56 Å². The molecule has 0 heterocycles. The number of rotatable bonds is 6. The quantitative estimate of drug-likeness (QED) is 0.570. The third-order valence-electron chi connectivity index (χ3n) is 3.59. The van der Waals surface area contributed by atoms with Crippen LogP contribution in [0.4, 0.5) is 0 Å². The van der Waals surface area contributed by atoms with Crippen molar-refractivity contribution in [3.63, 3.8) is 0 Å². The molecule has 0 aliphatic heterocycles. The zero-order valence-electron chi connectivity index (χ0n) is 12.1. The molecule has 0 amide bonds. The fourth-order valence-electron chi connectivity index (χ4n) is 2.27. The number of hydrogen-bond donors (Lipinski definition) is 2. The van der Waals surface area contributed by atoms with E-state index in [-0.39, 0.29) is 17.4 Å². The summed E-state index contributed by atoms with van der Waals surface area (Å²) in [5.41, 5.74) is 2.85. The Labute approximate surface area is 111 Å². The molecule has 1 aromatic carbocycles. The number of benzene rings is 1. The van der Waals surface area contributed by atoms with Crippen molar-refractivity contribution in [1.29, 1.82) is 0 Å². The van der Waals surface area contributed by atoms with Crippen LogP contribution in [0, 0.1) is 6.92 Å². The van der Waals surface area contributed by atoms with Crippen molar-refractivity contribution in [1.82, 2.24) is 0 Å². The van der Waals surface area contributed by atoms with Gasteiger partial charge < -0.3 is 10.2 Å². The molecule has 0 bridgehead atoms. The van der Waals surface area contributed by atoms with E-state index < -0.39 is 0 Å². The van der Waals surface area contributed by atoms with Gasteiger partial charge in [-0.05, 0) is 36.8 Å². The maximum atomic E-state index is 9.97. The normalized spacial score (nSPS) is 11.2. The lowest BCUT2D eigenvalue weighted by Crippen LogP contribution is -1.97. The minimum absolute atomic E-state index is 0.0554. The summed E-state index contributed by atoms with van der Waals surface area (Å²) < 4.78 is 0. The number of aromatic hydroxyl groups is 2. The van der Waals surface area contributed by atoms with Gasteiger partial charge in [-0.2, -0.15) is 0 Å². The molecule has 1 aromatic rings. The van der Waals surface area contributed by atoms with Crippen LogP contribution in [-0.4, -0.2) is 10.2 Å². The van der Waals surface area contributed by atoms with Crippen LogP contribution < -0.4 is 0 Å². The summed E-state index contributed by atoms with van der Waals surface area (Å²) >= 11 is 0. The first kappa shape index (κ1) is 14.9. The van der Waals surface area contributed by atoms with E-state index in [1.54, 1.807) is 0 Å². The molecule has 1 rings (SSSR count). The van der Waals surface area contributed by atoms with E-state index >= 15 is 0 Å². The molecule has 0 fully saturated rings. The summed E-state index contributed by atoms with van der Waals surface area (Å²) in [6.07, 6.45) is 5.86. The van der Waals surface area contributed by atoms with E-state index in [0.29, 0.717) is 0 Å². The van der Waals surface area contributed by atoms with Crippen molar-refractivity contribution < 1.29 is 10.2 Å². The van der Waals surface area contributed by atoms with Gasteiger partial charge in [-0.15, -0.1) is 0 Å². The van der Waals surface area contributed by atoms with Gasteiger partial charge in [0.25, 0.3) is 0 Å².